The second-order valence-corrected chi connectivity index (χ2v) is 6.32. The zero-order valence-corrected chi connectivity index (χ0v) is 16.0. The van der Waals surface area contributed by atoms with Gasteiger partial charge < -0.3 is 14.6 Å². The topological polar surface area (TPSA) is 97.3 Å². The van der Waals surface area contributed by atoms with E-state index in [1.165, 1.54) is 0 Å². The molecule has 7 heteroatoms. The number of rotatable bonds is 6. The molecule has 0 saturated heterocycles. The number of aromatic carboxylic acids is 1. The van der Waals surface area contributed by atoms with Crippen molar-refractivity contribution in [3.63, 3.8) is 0 Å². The van der Waals surface area contributed by atoms with E-state index in [1.807, 2.05) is 55.5 Å². The minimum Gasteiger partial charge on any atom is -0.497 e. The van der Waals surface area contributed by atoms with E-state index in [1.54, 1.807) is 13.2 Å². The van der Waals surface area contributed by atoms with Crippen LogP contribution in [0.4, 0.5) is 0 Å². The summed E-state index contributed by atoms with van der Waals surface area (Å²) in [6.45, 7) is 2.39. The number of ether oxygens (including phenoxy) is 2. The number of nitrogens with zero attached hydrogens (tertiary/aromatic N) is 2. The number of hydrogen-bond donors (Lipinski definition) is 2. The molecule has 0 bridgehead atoms. The van der Waals surface area contributed by atoms with E-state index in [4.69, 9.17) is 9.47 Å². The Hall–Kier alpha value is -3.87. The van der Waals surface area contributed by atoms with Gasteiger partial charge in [-0.1, -0.05) is 24.3 Å². The van der Waals surface area contributed by atoms with E-state index in [-0.39, 0.29) is 5.56 Å². The fraction of sp³-hybridized carbons (Fsp3) is 0.136. The molecule has 2 aromatic heterocycles. The summed E-state index contributed by atoms with van der Waals surface area (Å²) in [5, 5.41) is 17.5. The summed E-state index contributed by atoms with van der Waals surface area (Å²) in [6.07, 6.45) is 0. The van der Waals surface area contributed by atoms with Crippen LogP contribution < -0.4 is 9.47 Å². The first-order valence-corrected chi connectivity index (χ1v) is 9.11. The molecule has 2 aromatic carbocycles. The molecular formula is C22H19N3O4. The number of nitrogens with one attached hydrogen (secondary N) is 1. The molecule has 0 amide bonds. The lowest BCUT2D eigenvalue weighted by atomic mass is 10.0. The number of carboxylic acids is 1. The molecule has 4 aromatic rings. The number of methoxy groups -OCH3 is 1. The first-order valence-electron chi connectivity index (χ1n) is 9.11. The zero-order valence-electron chi connectivity index (χ0n) is 16.0. The van der Waals surface area contributed by atoms with Crippen LogP contribution in [0.2, 0.25) is 0 Å². The Kier molecular flexibility index (Phi) is 4.87. The molecule has 0 spiro atoms. The third kappa shape index (κ3) is 3.38. The highest BCUT2D eigenvalue weighted by atomic mass is 16.5. The summed E-state index contributed by atoms with van der Waals surface area (Å²) in [6, 6.07) is 16.3. The number of carboxylic acid groups (broad SMARTS) is 1. The average Bonchev–Trinajstić information content (AvgIpc) is 3.17. The van der Waals surface area contributed by atoms with Gasteiger partial charge in [-0.05, 0) is 37.3 Å². The monoisotopic (exact) mass is 389 g/mol. The second-order valence-electron chi connectivity index (χ2n) is 6.32. The molecule has 4 rings (SSSR count). The van der Waals surface area contributed by atoms with Crippen molar-refractivity contribution in [1.82, 2.24) is 15.2 Å². The predicted octanol–water partition coefficient (Wildman–Crippen LogP) is 4.40. The average molecular weight is 389 g/mol. The summed E-state index contributed by atoms with van der Waals surface area (Å²) in [4.78, 5) is 16.7. The molecule has 0 aliphatic heterocycles. The van der Waals surface area contributed by atoms with Crippen LogP contribution in [0.15, 0.2) is 54.6 Å². The van der Waals surface area contributed by atoms with Gasteiger partial charge in [-0.3, -0.25) is 5.10 Å². The van der Waals surface area contributed by atoms with Gasteiger partial charge in [0.2, 0.25) is 0 Å². The molecular weight excluding hydrogens is 370 g/mol. The maximum Gasteiger partial charge on any atom is 0.336 e. The van der Waals surface area contributed by atoms with Crippen LogP contribution in [0, 0.1) is 0 Å². The van der Waals surface area contributed by atoms with Crippen LogP contribution in [0.1, 0.15) is 17.3 Å². The number of aromatic nitrogens is 3. The Morgan fingerprint density at radius 2 is 1.97 bits per heavy atom. The van der Waals surface area contributed by atoms with Crippen molar-refractivity contribution in [3.8, 4) is 34.0 Å². The van der Waals surface area contributed by atoms with Gasteiger partial charge in [0, 0.05) is 11.1 Å². The molecule has 2 N–H and O–H groups in total. The van der Waals surface area contributed by atoms with Crippen molar-refractivity contribution in [3.05, 3.63) is 60.2 Å². The van der Waals surface area contributed by atoms with Crippen molar-refractivity contribution >= 4 is 17.0 Å². The Morgan fingerprint density at radius 1 is 1.14 bits per heavy atom. The van der Waals surface area contributed by atoms with Gasteiger partial charge in [0.1, 0.15) is 11.5 Å². The van der Waals surface area contributed by atoms with Crippen molar-refractivity contribution in [2.24, 2.45) is 0 Å². The van der Waals surface area contributed by atoms with Crippen molar-refractivity contribution in [2.45, 2.75) is 6.92 Å². The number of fused-ring (bicyclic) bond motifs is 1. The molecule has 0 unspecified atom stereocenters. The molecule has 7 nitrogen and oxygen atoms in total. The molecule has 0 aliphatic rings. The fourth-order valence-electron chi connectivity index (χ4n) is 3.28. The quantitative estimate of drug-likeness (QED) is 0.507. The van der Waals surface area contributed by atoms with Crippen molar-refractivity contribution in [2.75, 3.05) is 13.7 Å². The van der Waals surface area contributed by atoms with Gasteiger partial charge in [0.15, 0.2) is 5.65 Å². The summed E-state index contributed by atoms with van der Waals surface area (Å²) in [7, 11) is 1.58. The van der Waals surface area contributed by atoms with Crippen LogP contribution in [0.5, 0.6) is 11.5 Å². The van der Waals surface area contributed by atoms with Crippen molar-refractivity contribution < 1.29 is 19.4 Å². The number of benzene rings is 2. The molecule has 29 heavy (non-hydrogen) atoms. The van der Waals surface area contributed by atoms with Crippen LogP contribution in [0.3, 0.4) is 0 Å². The summed E-state index contributed by atoms with van der Waals surface area (Å²) in [5.74, 6) is 0.247. The molecule has 0 saturated carbocycles. The molecule has 0 aliphatic carbocycles. The number of aromatic amines is 1. The number of pyridine rings is 1. The largest absolute Gasteiger partial charge is 0.497 e. The lowest BCUT2D eigenvalue weighted by molar-refractivity contribution is 0.0699. The smallest absolute Gasteiger partial charge is 0.336 e. The zero-order chi connectivity index (χ0) is 20.4. The molecule has 0 radical (unpaired) electrons. The fourth-order valence-corrected chi connectivity index (χ4v) is 3.28. The Morgan fingerprint density at radius 3 is 2.72 bits per heavy atom. The summed E-state index contributed by atoms with van der Waals surface area (Å²) < 4.78 is 10.9. The van der Waals surface area contributed by atoms with Gasteiger partial charge in [-0.2, -0.15) is 5.10 Å². The highest BCUT2D eigenvalue weighted by Crippen LogP contribution is 2.35. The normalized spacial score (nSPS) is 10.8. The SMILES string of the molecule is CCOc1ccccc1-c1cc(C(=O)O)c2c(-c3cccc(OC)c3)[nH]nc2n1. The first kappa shape index (κ1) is 18.5. The number of carbonyl (C=O) groups is 1. The number of para-hydroxylation sites is 1. The van der Waals surface area contributed by atoms with E-state index >= 15 is 0 Å². The van der Waals surface area contributed by atoms with Crippen molar-refractivity contribution in [1.29, 1.82) is 0 Å². The minimum absolute atomic E-state index is 0.114. The van der Waals surface area contributed by atoms with E-state index < -0.39 is 5.97 Å². The van der Waals surface area contributed by atoms with Gasteiger partial charge in [0.05, 0.1) is 36.1 Å². The molecule has 0 atom stereocenters. The third-order valence-electron chi connectivity index (χ3n) is 4.58. The minimum atomic E-state index is -1.06. The van der Waals surface area contributed by atoms with Gasteiger partial charge in [-0.25, -0.2) is 9.78 Å². The van der Waals surface area contributed by atoms with E-state index in [9.17, 15) is 9.90 Å². The highest BCUT2D eigenvalue weighted by molar-refractivity contribution is 6.08. The highest BCUT2D eigenvalue weighted by Gasteiger charge is 2.21. The van der Waals surface area contributed by atoms with Crippen LogP contribution in [-0.2, 0) is 0 Å². The van der Waals surface area contributed by atoms with Crippen LogP contribution in [-0.4, -0.2) is 40.0 Å². The van der Waals surface area contributed by atoms with Gasteiger partial charge in [0.25, 0.3) is 0 Å². The van der Waals surface area contributed by atoms with E-state index in [2.05, 4.69) is 15.2 Å². The Bertz CT molecular complexity index is 1200. The lowest BCUT2D eigenvalue weighted by Gasteiger charge is -2.10. The molecule has 2 heterocycles. The predicted molar refractivity (Wildman–Crippen MR) is 109 cm³/mol. The Labute approximate surface area is 166 Å². The maximum absolute atomic E-state index is 12.1. The summed E-state index contributed by atoms with van der Waals surface area (Å²) >= 11 is 0. The third-order valence-corrected chi connectivity index (χ3v) is 4.58. The molecule has 146 valence electrons. The Balaban J connectivity index is 1.94. The first-order chi connectivity index (χ1) is 14.1. The second kappa shape index (κ2) is 7.63. The van der Waals surface area contributed by atoms with Gasteiger partial charge >= 0.3 is 5.97 Å². The lowest BCUT2D eigenvalue weighted by Crippen LogP contribution is -2.01. The van der Waals surface area contributed by atoms with E-state index in [0.717, 1.165) is 5.56 Å². The maximum atomic E-state index is 12.1. The number of H-pyrrole nitrogens is 1. The summed E-state index contributed by atoms with van der Waals surface area (Å²) in [5.41, 5.74) is 2.98. The van der Waals surface area contributed by atoms with Crippen LogP contribution >= 0.6 is 0 Å². The van der Waals surface area contributed by atoms with Gasteiger partial charge in [-0.15, -0.1) is 0 Å². The van der Waals surface area contributed by atoms with Crippen LogP contribution in [0.25, 0.3) is 33.5 Å². The number of hydrogen-bond acceptors (Lipinski definition) is 5. The molecule has 0 fully saturated rings. The standard InChI is InChI=1S/C22H19N3O4/c1-3-29-18-10-5-4-9-15(18)17-12-16(22(26)27)19-20(24-25-21(19)23-17)13-7-6-8-14(11-13)28-2/h4-12H,3H2,1-2H3,(H,26,27)(H,23,24,25). The van der Waals surface area contributed by atoms with E-state index in [0.29, 0.717) is 46.1 Å².